The fourth-order valence-corrected chi connectivity index (χ4v) is 0.715. The predicted molar refractivity (Wildman–Crippen MR) is 48.6 cm³/mol. The van der Waals surface area contributed by atoms with Gasteiger partial charge in [0.05, 0.1) is 12.7 Å². The zero-order valence-electron chi connectivity index (χ0n) is 8.34. The smallest absolute Gasteiger partial charge is 0.508 e. The van der Waals surface area contributed by atoms with Crippen molar-refractivity contribution in [2.75, 3.05) is 7.11 Å². The Labute approximate surface area is 108 Å². The van der Waals surface area contributed by atoms with E-state index in [2.05, 4.69) is 4.74 Å². The summed E-state index contributed by atoms with van der Waals surface area (Å²) in [7, 11) is 1.31. The van der Waals surface area contributed by atoms with Gasteiger partial charge in [0.25, 0.3) is 0 Å². The third kappa shape index (κ3) is 6.89. The van der Waals surface area contributed by atoms with E-state index in [0.717, 1.165) is 5.34 Å². The number of aromatic hydroxyl groups is 1. The van der Waals surface area contributed by atoms with Gasteiger partial charge in [0.2, 0.25) is 0 Å². The monoisotopic (exact) mass is 221 g/mol. The number of phenols is 1. The number of benzene rings is 1. The van der Waals surface area contributed by atoms with Crippen LogP contribution < -0.4 is 29.6 Å². The Morgan fingerprint density at radius 3 is 2.13 bits per heavy atom. The molecule has 0 aliphatic carbocycles. The number of nitrogens with zero attached hydrogens (tertiary/aromatic N) is 1. The molecule has 7 heteroatoms. The first-order chi connectivity index (χ1) is 6.65. The van der Waals surface area contributed by atoms with E-state index < -0.39 is 5.97 Å². The summed E-state index contributed by atoms with van der Waals surface area (Å²) in [5.74, 6) is -0.261. The van der Waals surface area contributed by atoms with Crippen LogP contribution in [0.25, 0.3) is 0 Å². The number of phenolic OH excluding ortho intramolecular Hbond substituents is 1. The zero-order valence-corrected chi connectivity index (χ0v) is 10.3. The van der Waals surface area contributed by atoms with Crippen molar-refractivity contribution in [3.8, 4) is 5.75 Å². The summed E-state index contributed by atoms with van der Waals surface area (Å²) in [6.07, 6.45) is 0. The van der Waals surface area contributed by atoms with Gasteiger partial charge in [-0.3, -0.25) is 0 Å². The minimum atomic E-state index is -0.398. The van der Waals surface area contributed by atoms with Crippen LogP contribution in [0.4, 0.5) is 0 Å². The predicted octanol–water partition coefficient (Wildman–Crippen LogP) is -1.57. The van der Waals surface area contributed by atoms with Gasteiger partial charge in [0, 0.05) is 0 Å². The molecule has 1 aromatic carbocycles. The first kappa shape index (κ1) is 16.3. The van der Waals surface area contributed by atoms with Crippen LogP contribution in [0.2, 0.25) is 0 Å². The molecule has 1 aromatic rings. The molecule has 0 saturated carbocycles. The van der Waals surface area contributed by atoms with E-state index in [1.807, 2.05) is 0 Å². The molecule has 6 nitrogen and oxygen atoms in total. The molecule has 0 fully saturated rings. The molecule has 0 heterocycles. The Balaban J connectivity index is 0. The summed E-state index contributed by atoms with van der Waals surface area (Å²) in [6, 6.07) is 5.88. The molecule has 0 bridgehead atoms. The van der Waals surface area contributed by atoms with E-state index in [-0.39, 0.29) is 35.3 Å². The van der Waals surface area contributed by atoms with E-state index in [4.69, 9.17) is 15.2 Å². The third-order valence-corrected chi connectivity index (χ3v) is 1.29. The Morgan fingerprint density at radius 2 is 1.80 bits per heavy atom. The van der Waals surface area contributed by atoms with E-state index in [1.54, 1.807) is 0 Å². The maximum atomic E-state index is 10.8. The second kappa shape index (κ2) is 9.45. The summed E-state index contributed by atoms with van der Waals surface area (Å²) in [6.45, 7) is 0. The van der Waals surface area contributed by atoms with Crippen molar-refractivity contribution in [3.05, 3.63) is 39.9 Å². The van der Waals surface area contributed by atoms with Crippen LogP contribution in [0, 0.1) is 10.1 Å². The molecule has 0 aromatic heterocycles. The Hall–Kier alpha value is -1.11. The van der Waals surface area contributed by atoms with E-state index >= 15 is 0 Å². The molecule has 1 N–H and O–H groups in total. The topological polar surface area (TPSA) is 99.0 Å². The molecular formula is C8H8NNaO5. The zero-order chi connectivity index (χ0) is 11.0. The summed E-state index contributed by atoms with van der Waals surface area (Å²) >= 11 is 0. The summed E-state index contributed by atoms with van der Waals surface area (Å²) < 4.78 is 4.46. The van der Waals surface area contributed by atoms with Crippen molar-refractivity contribution in [1.82, 2.24) is 0 Å². The number of rotatable bonds is 1. The summed E-state index contributed by atoms with van der Waals surface area (Å²) in [5, 5.41) is 17.9. The van der Waals surface area contributed by atoms with E-state index in [9.17, 15) is 4.79 Å². The molecule has 0 amide bonds. The number of hydrogen-bond donors (Lipinski definition) is 1. The van der Waals surface area contributed by atoms with Gasteiger partial charge in [-0.25, -0.2) is 4.79 Å². The average Bonchev–Trinajstić information content (AvgIpc) is 2.19. The molecular weight excluding hydrogens is 213 g/mol. The van der Waals surface area contributed by atoms with Crippen LogP contribution in [0.3, 0.4) is 0 Å². The Bertz CT molecular complexity index is 300. The molecule has 0 radical (unpaired) electrons. The van der Waals surface area contributed by atoms with Crippen molar-refractivity contribution in [3.63, 3.8) is 0 Å². The van der Waals surface area contributed by atoms with Crippen LogP contribution in [0.15, 0.2) is 29.6 Å². The largest absolute Gasteiger partial charge is 1.00 e. The first-order valence-corrected chi connectivity index (χ1v) is 3.48. The SMILES string of the molecule is COC(=O)c1ccc(O)cc1.O=N[O-].[Na+]. The Morgan fingerprint density at radius 1 is 1.40 bits per heavy atom. The fraction of sp³-hybridized carbons (Fsp3) is 0.125. The number of ether oxygens (including phenoxy) is 1. The minimum Gasteiger partial charge on any atom is -0.508 e. The number of methoxy groups -OCH3 is 1. The fourth-order valence-electron chi connectivity index (χ4n) is 0.715. The van der Waals surface area contributed by atoms with Crippen LogP contribution in [0.1, 0.15) is 10.4 Å². The average molecular weight is 221 g/mol. The van der Waals surface area contributed by atoms with Gasteiger partial charge in [-0.2, -0.15) is 0 Å². The maximum absolute atomic E-state index is 10.8. The quantitative estimate of drug-likeness (QED) is 0.267. The molecule has 76 valence electrons. The van der Waals surface area contributed by atoms with Crippen molar-refractivity contribution >= 4 is 5.97 Å². The second-order valence-electron chi connectivity index (χ2n) is 2.11. The molecule has 0 aliphatic heterocycles. The van der Waals surface area contributed by atoms with Crippen molar-refractivity contribution in [1.29, 1.82) is 0 Å². The molecule has 1 rings (SSSR count). The second-order valence-corrected chi connectivity index (χ2v) is 2.11. The van der Waals surface area contributed by atoms with Gasteiger partial charge in [0.1, 0.15) is 5.75 Å². The number of hydrogen-bond acceptors (Lipinski definition) is 6. The summed E-state index contributed by atoms with van der Waals surface area (Å²) in [4.78, 5) is 18.8. The third-order valence-electron chi connectivity index (χ3n) is 1.29. The molecule has 0 spiro atoms. The van der Waals surface area contributed by atoms with Gasteiger partial charge < -0.3 is 20.0 Å². The molecule has 15 heavy (non-hydrogen) atoms. The maximum Gasteiger partial charge on any atom is 1.00 e. The van der Waals surface area contributed by atoms with Crippen LogP contribution in [-0.2, 0) is 4.74 Å². The number of carbonyl (C=O) groups is 1. The van der Waals surface area contributed by atoms with Gasteiger partial charge in [-0.05, 0) is 24.3 Å². The van der Waals surface area contributed by atoms with Crippen molar-refractivity contribution in [2.45, 2.75) is 0 Å². The first-order valence-electron chi connectivity index (χ1n) is 3.48. The molecule has 0 atom stereocenters. The van der Waals surface area contributed by atoms with Gasteiger partial charge in [-0.15, -0.1) is 5.34 Å². The number of carbonyl (C=O) groups excluding carboxylic acids is 1. The van der Waals surface area contributed by atoms with Gasteiger partial charge >= 0.3 is 35.5 Å². The van der Waals surface area contributed by atoms with Crippen LogP contribution >= 0.6 is 0 Å². The Kier molecular flexibility index (Phi) is 10.3. The van der Waals surface area contributed by atoms with Crippen LogP contribution in [-0.4, -0.2) is 18.2 Å². The van der Waals surface area contributed by atoms with Gasteiger partial charge in [-0.1, -0.05) is 0 Å². The van der Waals surface area contributed by atoms with E-state index in [0.29, 0.717) is 5.56 Å². The molecule has 0 unspecified atom stereocenters. The number of esters is 1. The minimum absolute atomic E-state index is 0. The van der Waals surface area contributed by atoms with Crippen LogP contribution in [0.5, 0.6) is 5.75 Å². The summed E-state index contributed by atoms with van der Waals surface area (Å²) in [5.41, 5.74) is 0.435. The van der Waals surface area contributed by atoms with Crippen molar-refractivity contribution < 1.29 is 44.2 Å². The standard InChI is InChI=1S/C8H8O3.HNO2.Na/c1-11-8(10)6-2-4-7(9)5-3-6;2-1-3;/h2-5,9H,1H3;(H,2,3);/q;;+1/p-1. The van der Waals surface area contributed by atoms with Crippen molar-refractivity contribution in [2.24, 2.45) is 5.34 Å². The van der Waals surface area contributed by atoms with Gasteiger partial charge in [0.15, 0.2) is 0 Å². The molecule has 0 saturated heterocycles. The normalized spacial score (nSPS) is 7.53. The molecule has 0 aliphatic rings. The van der Waals surface area contributed by atoms with E-state index in [1.165, 1.54) is 31.4 Å².